The van der Waals surface area contributed by atoms with Gasteiger partial charge in [-0.25, -0.2) is 4.39 Å². The lowest BCUT2D eigenvalue weighted by atomic mass is 10.1. The van der Waals surface area contributed by atoms with Crippen molar-refractivity contribution in [2.45, 2.75) is 25.8 Å². The molecule has 0 saturated carbocycles. The number of methoxy groups -OCH3 is 1. The van der Waals surface area contributed by atoms with Crippen molar-refractivity contribution in [2.24, 2.45) is 0 Å². The lowest BCUT2D eigenvalue weighted by Crippen LogP contribution is -2.26. The normalized spacial score (nSPS) is 11.8. The van der Waals surface area contributed by atoms with Crippen molar-refractivity contribution in [2.75, 3.05) is 7.11 Å². The Kier molecular flexibility index (Phi) is 5.53. The first-order valence-electron chi connectivity index (χ1n) is 7.27. The van der Waals surface area contributed by atoms with Gasteiger partial charge in [-0.3, -0.25) is 4.79 Å². The lowest BCUT2D eigenvalue weighted by Gasteiger charge is -2.15. The van der Waals surface area contributed by atoms with Gasteiger partial charge in [0.1, 0.15) is 11.6 Å². The minimum Gasteiger partial charge on any atom is -0.497 e. The highest BCUT2D eigenvalue weighted by molar-refractivity contribution is 5.76. The van der Waals surface area contributed by atoms with Crippen molar-refractivity contribution in [3.05, 3.63) is 65.5 Å². The van der Waals surface area contributed by atoms with Crippen LogP contribution in [0.1, 0.15) is 30.5 Å². The van der Waals surface area contributed by atoms with Gasteiger partial charge in [-0.1, -0.05) is 30.3 Å². The maximum Gasteiger partial charge on any atom is 0.220 e. The van der Waals surface area contributed by atoms with Crippen LogP contribution in [0.5, 0.6) is 5.75 Å². The molecular weight excluding hydrogens is 281 g/mol. The van der Waals surface area contributed by atoms with Gasteiger partial charge >= 0.3 is 0 Å². The van der Waals surface area contributed by atoms with Crippen LogP contribution in [-0.2, 0) is 11.2 Å². The summed E-state index contributed by atoms with van der Waals surface area (Å²) in [6.45, 7) is 1.92. The Morgan fingerprint density at radius 1 is 1.18 bits per heavy atom. The zero-order chi connectivity index (χ0) is 15.9. The molecular formula is C18H20FNO2. The summed E-state index contributed by atoms with van der Waals surface area (Å²) in [4.78, 5) is 12.0. The average molecular weight is 301 g/mol. The third kappa shape index (κ3) is 4.32. The molecule has 0 aliphatic carbocycles. The van der Waals surface area contributed by atoms with Crippen molar-refractivity contribution in [3.63, 3.8) is 0 Å². The molecule has 0 spiro atoms. The number of halogens is 1. The van der Waals surface area contributed by atoms with Gasteiger partial charge in [-0.15, -0.1) is 0 Å². The van der Waals surface area contributed by atoms with Crippen LogP contribution in [-0.4, -0.2) is 13.0 Å². The molecule has 1 atom stereocenters. The highest BCUT2D eigenvalue weighted by atomic mass is 19.1. The summed E-state index contributed by atoms with van der Waals surface area (Å²) in [6.07, 6.45) is 0.662. The van der Waals surface area contributed by atoms with E-state index < -0.39 is 0 Å². The molecule has 2 aromatic carbocycles. The molecule has 22 heavy (non-hydrogen) atoms. The molecule has 2 aromatic rings. The topological polar surface area (TPSA) is 38.3 Å². The van der Waals surface area contributed by atoms with E-state index in [4.69, 9.17) is 4.74 Å². The molecule has 1 N–H and O–H groups in total. The third-order valence-corrected chi connectivity index (χ3v) is 3.57. The first-order valence-corrected chi connectivity index (χ1v) is 7.27. The molecule has 4 heteroatoms. The second-order valence-corrected chi connectivity index (χ2v) is 5.15. The Hall–Kier alpha value is -2.36. The molecule has 116 valence electrons. The molecule has 0 saturated heterocycles. The monoisotopic (exact) mass is 301 g/mol. The standard InChI is InChI=1S/C18H20FNO2/c1-13(14-7-10-16(22-2)11-8-14)20-18(21)12-9-15-5-3-4-6-17(15)19/h3-8,10-11,13H,9,12H2,1-2H3,(H,20,21)/t13-/m0/s1. The maximum absolute atomic E-state index is 13.5. The van der Waals surface area contributed by atoms with Gasteiger partial charge < -0.3 is 10.1 Å². The maximum atomic E-state index is 13.5. The summed E-state index contributed by atoms with van der Waals surface area (Å²) in [5.41, 5.74) is 1.56. The van der Waals surface area contributed by atoms with Crippen molar-refractivity contribution < 1.29 is 13.9 Å². The van der Waals surface area contributed by atoms with Gasteiger partial charge in [0.25, 0.3) is 0 Å². The van der Waals surface area contributed by atoms with Crippen LogP contribution in [0.25, 0.3) is 0 Å². The van der Waals surface area contributed by atoms with Crippen molar-refractivity contribution >= 4 is 5.91 Å². The number of amides is 1. The van der Waals surface area contributed by atoms with Crippen molar-refractivity contribution in [3.8, 4) is 5.75 Å². The predicted molar refractivity (Wildman–Crippen MR) is 84.3 cm³/mol. The van der Waals surface area contributed by atoms with Crippen LogP contribution in [0.3, 0.4) is 0 Å². The van der Waals surface area contributed by atoms with Gasteiger partial charge in [0.05, 0.1) is 13.2 Å². The quantitative estimate of drug-likeness (QED) is 0.884. The van der Waals surface area contributed by atoms with Crippen LogP contribution in [0, 0.1) is 5.82 Å². The summed E-state index contributed by atoms with van der Waals surface area (Å²) < 4.78 is 18.6. The Morgan fingerprint density at radius 3 is 2.50 bits per heavy atom. The fourth-order valence-electron chi connectivity index (χ4n) is 2.24. The summed E-state index contributed by atoms with van der Waals surface area (Å²) in [6, 6.07) is 14.0. The number of ether oxygens (including phenoxy) is 1. The number of hydrogen-bond acceptors (Lipinski definition) is 2. The number of aryl methyl sites for hydroxylation is 1. The minimum atomic E-state index is -0.265. The number of hydrogen-bond donors (Lipinski definition) is 1. The van der Waals surface area contributed by atoms with Gasteiger partial charge in [0.2, 0.25) is 5.91 Å². The van der Waals surface area contributed by atoms with Crippen LogP contribution in [0.2, 0.25) is 0 Å². The highest BCUT2D eigenvalue weighted by Crippen LogP contribution is 2.17. The molecule has 0 bridgehead atoms. The molecule has 1 amide bonds. The van der Waals surface area contributed by atoms with Crippen LogP contribution >= 0.6 is 0 Å². The van der Waals surface area contributed by atoms with Crippen LogP contribution in [0.15, 0.2) is 48.5 Å². The Bertz CT molecular complexity index is 625. The Balaban J connectivity index is 1.87. The molecule has 0 unspecified atom stereocenters. The van der Waals surface area contributed by atoms with Crippen LogP contribution < -0.4 is 10.1 Å². The van der Waals surface area contributed by atoms with Crippen molar-refractivity contribution in [1.29, 1.82) is 0 Å². The molecule has 0 radical (unpaired) electrons. The molecule has 0 fully saturated rings. The zero-order valence-electron chi connectivity index (χ0n) is 12.8. The largest absolute Gasteiger partial charge is 0.497 e. The SMILES string of the molecule is COc1ccc([C@H](C)NC(=O)CCc2ccccc2F)cc1. The summed E-state index contributed by atoms with van der Waals surface area (Å²) >= 11 is 0. The molecule has 0 aromatic heterocycles. The van der Waals surface area contributed by atoms with E-state index in [0.29, 0.717) is 12.0 Å². The number of rotatable bonds is 6. The van der Waals surface area contributed by atoms with E-state index in [0.717, 1.165) is 11.3 Å². The number of benzene rings is 2. The molecule has 0 aliphatic rings. The van der Waals surface area contributed by atoms with E-state index in [9.17, 15) is 9.18 Å². The number of carbonyl (C=O) groups excluding carboxylic acids is 1. The fraction of sp³-hybridized carbons (Fsp3) is 0.278. The van der Waals surface area contributed by atoms with Gasteiger partial charge in [0, 0.05) is 6.42 Å². The second-order valence-electron chi connectivity index (χ2n) is 5.15. The Labute approximate surface area is 130 Å². The van der Waals surface area contributed by atoms with E-state index in [1.165, 1.54) is 6.07 Å². The van der Waals surface area contributed by atoms with Crippen molar-refractivity contribution in [1.82, 2.24) is 5.32 Å². The third-order valence-electron chi connectivity index (χ3n) is 3.57. The van der Waals surface area contributed by atoms with E-state index in [-0.39, 0.29) is 24.2 Å². The highest BCUT2D eigenvalue weighted by Gasteiger charge is 2.10. The first kappa shape index (κ1) is 16.0. The zero-order valence-corrected chi connectivity index (χ0v) is 12.8. The smallest absolute Gasteiger partial charge is 0.220 e. The summed E-state index contributed by atoms with van der Waals surface area (Å²) in [7, 11) is 1.61. The number of nitrogens with one attached hydrogen (secondary N) is 1. The molecule has 0 aliphatic heterocycles. The first-order chi connectivity index (χ1) is 10.6. The second kappa shape index (κ2) is 7.59. The average Bonchev–Trinajstić information content (AvgIpc) is 2.54. The van der Waals surface area contributed by atoms with E-state index >= 15 is 0 Å². The van der Waals surface area contributed by atoms with Gasteiger partial charge in [-0.05, 0) is 42.7 Å². The van der Waals surface area contributed by atoms with Gasteiger partial charge in [-0.2, -0.15) is 0 Å². The van der Waals surface area contributed by atoms with E-state index in [2.05, 4.69) is 5.32 Å². The Morgan fingerprint density at radius 2 is 1.86 bits per heavy atom. The van der Waals surface area contributed by atoms with E-state index in [1.54, 1.807) is 25.3 Å². The van der Waals surface area contributed by atoms with E-state index in [1.807, 2.05) is 31.2 Å². The molecule has 0 heterocycles. The fourth-order valence-corrected chi connectivity index (χ4v) is 2.24. The van der Waals surface area contributed by atoms with Crippen LogP contribution in [0.4, 0.5) is 4.39 Å². The molecule has 2 rings (SSSR count). The summed E-state index contributed by atoms with van der Waals surface area (Å²) in [5, 5.41) is 2.92. The minimum absolute atomic E-state index is 0.0911. The predicted octanol–water partition coefficient (Wildman–Crippen LogP) is 3.64. The number of carbonyl (C=O) groups is 1. The lowest BCUT2D eigenvalue weighted by molar-refractivity contribution is -0.121. The summed E-state index contributed by atoms with van der Waals surface area (Å²) in [5.74, 6) is 0.423. The molecule has 3 nitrogen and oxygen atoms in total. The van der Waals surface area contributed by atoms with Gasteiger partial charge in [0.15, 0.2) is 0 Å².